The molecule has 3 unspecified atom stereocenters. The zero-order chi connectivity index (χ0) is 18.6. The summed E-state index contributed by atoms with van der Waals surface area (Å²) < 4.78 is 0. The Morgan fingerprint density at radius 2 is 1.81 bits per heavy atom. The molecule has 2 aromatic rings. The highest BCUT2D eigenvalue weighted by atomic mass is 16.3. The first-order chi connectivity index (χ1) is 13.0. The highest BCUT2D eigenvalue weighted by molar-refractivity contribution is 5.40. The van der Waals surface area contributed by atoms with Gasteiger partial charge in [-0.3, -0.25) is 0 Å². The number of aromatic hydroxyl groups is 1. The van der Waals surface area contributed by atoms with E-state index in [0.29, 0.717) is 23.5 Å². The molecule has 5 rings (SSSR count). The van der Waals surface area contributed by atoms with Crippen molar-refractivity contribution in [3.05, 3.63) is 65.2 Å². The van der Waals surface area contributed by atoms with E-state index < -0.39 is 5.60 Å². The average Bonchev–Trinajstić information content (AvgIpc) is 2.93. The van der Waals surface area contributed by atoms with Crippen molar-refractivity contribution in [2.45, 2.75) is 63.4 Å². The number of phenols is 1. The van der Waals surface area contributed by atoms with Gasteiger partial charge in [0, 0.05) is 6.42 Å². The summed E-state index contributed by atoms with van der Waals surface area (Å²) in [6.45, 7) is 2.37. The van der Waals surface area contributed by atoms with Crippen LogP contribution in [0.3, 0.4) is 0 Å². The van der Waals surface area contributed by atoms with Gasteiger partial charge in [-0.25, -0.2) is 0 Å². The number of fused-ring (bicyclic) bond motifs is 5. The standard InChI is InChI=1S/C25H30O2/c1-24-13-11-21-20-10-8-19(26)15-18(20)7-9-22(21)23(24)12-14-25(24,27)16-17-5-3-2-4-6-17/h2-6,8,10,15,21-23,26-27H,7,9,11-14,16H2,1H3/t21?,22?,23?,24-,25+/m0/s1. The molecule has 2 nitrogen and oxygen atoms in total. The third-order valence-electron chi connectivity index (χ3n) is 8.37. The number of rotatable bonds is 2. The molecule has 2 saturated carbocycles. The average molecular weight is 363 g/mol. The summed E-state index contributed by atoms with van der Waals surface area (Å²) in [6.07, 6.45) is 7.37. The minimum absolute atomic E-state index is 0.0123. The highest BCUT2D eigenvalue weighted by Gasteiger charge is 2.61. The van der Waals surface area contributed by atoms with Gasteiger partial charge in [0.25, 0.3) is 0 Å². The van der Waals surface area contributed by atoms with Gasteiger partial charge in [-0.15, -0.1) is 0 Å². The lowest BCUT2D eigenvalue weighted by Crippen LogP contribution is -2.51. The summed E-state index contributed by atoms with van der Waals surface area (Å²) in [6, 6.07) is 16.5. The van der Waals surface area contributed by atoms with Gasteiger partial charge < -0.3 is 10.2 Å². The lowest BCUT2D eigenvalue weighted by Gasteiger charge is -2.53. The largest absolute Gasteiger partial charge is 0.508 e. The third kappa shape index (κ3) is 2.56. The van der Waals surface area contributed by atoms with Gasteiger partial charge in [0.05, 0.1) is 5.60 Å². The van der Waals surface area contributed by atoms with E-state index in [-0.39, 0.29) is 5.41 Å². The van der Waals surface area contributed by atoms with Gasteiger partial charge in [0.2, 0.25) is 0 Å². The van der Waals surface area contributed by atoms with E-state index in [0.717, 1.165) is 38.5 Å². The molecule has 0 saturated heterocycles. The van der Waals surface area contributed by atoms with Crippen molar-refractivity contribution < 1.29 is 10.2 Å². The maximum atomic E-state index is 11.8. The van der Waals surface area contributed by atoms with Crippen LogP contribution in [-0.2, 0) is 12.8 Å². The second kappa shape index (κ2) is 6.10. The lowest BCUT2D eigenvalue weighted by molar-refractivity contribution is -0.102. The van der Waals surface area contributed by atoms with Crippen LogP contribution in [0.1, 0.15) is 61.6 Å². The van der Waals surface area contributed by atoms with Crippen LogP contribution in [0, 0.1) is 17.3 Å². The number of phenolic OH excluding ortho intramolecular Hbond substituents is 1. The Balaban J connectivity index is 1.45. The van der Waals surface area contributed by atoms with E-state index in [2.05, 4.69) is 43.3 Å². The quantitative estimate of drug-likeness (QED) is 0.769. The van der Waals surface area contributed by atoms with Crippen LogP contribution in [0.4, 0.5) is 0 Å². The van der Waals surface area contributed by atoms with Gasteiger partial charge in [-0.2, -0.15) is 0 Å². The minimum atomic E-state index is -0.584. The summed E-state index contributed by atoms with van der Waals surface area (Å²) >= 11 is 0. The van der Waals surface area contributed by atoms with Crippen LogP contribution < -0.4 is 0 Å². The molecule has 2 aromatic carbocycles. The molecular formula is C25H30O2. The highest BCUT2D eigenvalue weighted by Crippen LogP contribution is 2.64. The minimum Gasteiger partial charge on any atom is -0.508 e. The second-order valence-electron chi connectivity index (χ2n) is 9.49. The molecule has 2 heteroatoms. The molecule has 0 bridgehead atoms. The molecule has 5 atom stereocenters. The molecular weight excluding hydrogens is 332 g/mol. The van der Waals surface area contributed by atoms with Crippen LogP contribution in [0.25, 0.3) is 0 Å². The Labute approximate surface area is 162 Å². The van der Waals surface area contributed by atoms with Crippen molar-refractivity contribution in [3.8, 4) is 5.75 Å². The van der Waals surface area contributed by atoms with E-state index in [4.69, 9.17) is 0 Å². The fourth-order valence-corrected chi connectivity index (χ4v) is 6.90. The first-order valence-electron chi connectivity index (χ1n) is 10.6. The van der Waals surface area contributed by atoms with Gasteiger partial charge in [-0.05, 0) is 90.5 Å². The predicted molar refractivity (Wildman–Crippen MR) is 108 cm³/mol. The molecule has 27 heavy (non-hydrogen) atoms. The molecule has 0 radical (unpaired) electrons. The summed E-state index contributed by atoms with van der Waals surface area (Å²) in [5.41, 5.74) is 3.49. The van der Waals surface area contributed by atoms with Crippen LogP contribution in [0.15, 0.2) is 48.5 Å². The SMILES string of the molecule is C[C@]12CCC3c4ccc(O)cc4CCC3C1CC[C@@]2(O)Cc1ccccc1. The Bertz CT molecular complexity index is 845. The summed E-state index contributed by atoms with van der Waals surface area (Å²) in [4.78, 5) is 0. The Hall–Kier alpha value is -1.80. The molecule has 0 heterocycles. The van der Waals surface area contributed by atoms with Gasteiger partial charge in [0.15, 0.2) is 0 Å². The topological polar surface area (TPSA) is 40.5 Å². The first-order valence-corrected chi connectivity index (χ1v) is 10.6. The predicted octanol–water partition coefficient (Wildman–Crippen LogP) is 5.22. The molecule has 0 aliphatic heterocycles. The molecule has 0 spiro atoms. The van der Waals surface area contributed by atoms with Crippen molar-refractivity contribution in [2.75, 3.05) is 0 Å². The van der Waals surface area contributed by atoms with Crippen molar-refractivity contribution >= 4 is 0 Å². The maximum absolute atomic E-state index is 11.8. The Kier molecular flexibility index (Phi) is 3.91. The summed E-state index contributed by atoms with van der Waals surface area (Å²) in [7, 11) is 0. The van der Waals surface area contributed by atoms with E-state index in [9.17, 15) is 10.2 Å². The molecule has 2 fully saturated rings. The summed E-state index contributed by atoms with van der Waals surface area (Å²) in [5.74, 6) is 2.27. The first kappa shape index (κ1) is 17.3. The van der Waals surface area contributed by atoms with Crippen LogP contribution in [0.5, 0.6) is 5.75 Å². The number of hydrogen-bond donors (Lipinski definition) is 2. The summed E-state index contributed by atoms with van der Waals surface area (Å²) in [5, 5.41) is 21.6. The Morgan fingerprint density at radius 3 is 2.63 bits per heavy atom. The maximum Gasteiger partial charge on any atom is 0.115 e. The smallest absolute Gasteiger partial charge is 0.115 e. The molecule has 142 valence electrons. The number of aliphatic hydroxyl groups is 1. The third-order valence-corrected chi connectivity index (χ3v) is 8.37. The lowest BCUT2D eigenvalue weighted by atomic mass is 9.53. The van der Waals surface area contributed by atoms with E-state index in [1.807, 2.05) is 12.1 Å². The van der Waals surface area contributed by atoms with Crippen LogP contribution >= 0.6 is 0 Å². The van der Waals surface area contributed by atoms with Crippen LogP contribution in [0.2, 0.25) is 0 Å². The molecule has 2 N–H and O–H groups in total. The van der Waals surface area contributed by atoms with Gasteiger partial charge in [-0.1, -0.05) is 43.3 Å². The monoisotopic (exact) mass is 362 g/mol. The van der Waals surface area contributed by atoms with Gasteiger partial charge in [0.1, 0.15) is 5.75 Å². The molecule has 3 aliphatic rings. The van der Waals surface area contributed by atoms with Crippen molar-refractivity contribution in [2.24, 2.45) is 17.3 Å². The Morgan fingerprint density at radius 1 is 1.00 bits per heavy atom. The normalized spacial score (nSPS) is 37.3. The van der Waals surface area contributed by atoms with Gasteiger partial charge >= 0.3 is 0 Å². The van der Waals surface area contributed by atoms with E-state index >= 15 is 0 Å². The molecule has 0 amide bonds. The zero-order valence-electron chi connectivity index (χ0n) is 16.2. The molecule has 0 aromatic heterocycles. The van der Waals surface area contributed by atoms with Crippen molar-refractivity contribution in [1.29, 1.82) is 0 Å². The zero-order valence-corrected chi connectivity index (χ0v) is 16.2. The van der Waals surface area contributed by atoms with Crippen molar-refractivity contribution in [1.82, 2.24) is 0 Å². The second-order valence-corrected chi connectivity index (χ2v) is 9.49. The van der Waals surface area contributed by atoms with Crippen LogP contribution in [-0.4, -0.2) is 15.8 Å². The molecule has 3 aliphatic carbocycles. The number of benzene rings is 2. The number of aryl methyl sites for hydroxylation is 1. The van der Waals surface area contributed by atoms with Crippen molar-refractivity contribution in [3.63, 3.8) is 0 Å². The fourth-order valence-electron chi connectivity index (χ4n) is 6.90. The van der Waals surface area contributed by atoms with E-state index in [1.165, 1.54) is 23.1 Å². The fraction of sp³-hybridized carbons (Fsp3) is 0.520. The number of hydrogen-bond acceptors (Lipinski definition) is 2. The van der Waals surface area contributed by atoms with E-state index in [1.54, 1.807) is 0 Å².